The van der Waals surface area contributed by atoms with Gasteiger partial charge in [0.25, 0.3) is 0 Å². The number of ether oxygens (including phenoxy) is 1. The van der Waals surface area contributed by atoms with E-state index in [2.05, 4.69) is 9.57 Å². The summed E-state index contributed by atoms with van der Waals surface area (Å²) >= 11 is 0. The van der Waals surface area contributed by atoms with Gasteiger partial charge in [-0.3, -0.25) is 4.84 Å². The lowest BCUT2D eigenvalue weighted by Crippen LogP contribution is -2.17. The predicted octanol–water partition coefficient (Wildman–Crippen LogP) is 0.0973. The van der Waals surface area contributed by atoms with Crippen molar-refractivity contribution >= 4 is 6.16 Å². The van der Waals surface area contributed by atoms with Crippen molar-refractivity contribution in [2.45, 2.75) is 0 Å². The lowest BCUT2D eigenvalue weighted by molar-refractivity contribution is -0.0628. The van der Waals surface area contributed by atoms with E-state index in [1.165, 1.54) is 7.05 Å². The maximum absolute atomic E-state index is 10.1. The highest BCUT2D eigenvalue weighted by Crippen LogP contribution is 1.84. The molecule has 0 saturated carbocycles. The van der Waals surface area contributed by atoms with E-state index in [0.717, 1.165) is 7.11 Å². The van der Waals surface area contributed by atoms with Crippen LogP contribution in [-0.4, -0.2) is 25.4 Å². The van der Waals surface area contributed by atoms with Crippen LogP contribution in [-0.2, 0) is 9.57 Å². The van der Waals surface area contributed by atoms with E-state index < -0.39 is 6.16 Å². The van der Waals surface area contributed by atoms with Crippen molar-refractivity contribution in [2.75, 3.05) is 14.2 Å². The molecule has 5 nitrogen and oxygen atoms in total. The van der Waals surface area contributed by atoms with E-state index in [0.29, 0.717) is 5.06 Å². The Hall–Kier alpha value is -1.44. The second-order valence-electron chi connectivity index (χ2n) is 1.14. The molecular weight excluding hydrogens is 124 g/mol. The molecule has 0 amide bonds. The zero-order valence-corrected chi connectivity index (χ0v) is 5.12. The summed E-state index contributed by atoms with van der Waals surface area (Å²) in [5, 5.41) is 8.71. The Morgan fingerprint density at radius 3 is 2.67 bits per heavy atom. The first-order valence-corrected chi connectivity index (χ1v) is 2.10. The van der Waals surface area contributed by atoms with E-state index in [9.17, 15) is 4.79 Å². The SMILES string of the molecule is COC(=O)ON(C)C#N. The minimum Gasteiger partial charge on any atom is -0.436 e. The lowest BCUT2D eigenvalue weighted by atomic mass is 11.1. The van der Waals surface area contributed by atoms with Crippen LogP contribution in [0.2, 0.25) is 0 Å². The maximum Gasteiger partial charge on any atom is 0.533 e. The van der Waals surface area contributed by atoms with Gasteiger partial charge in [0.2, 0.25) is 6.19 Å². The van der Waals surface area contributed by atoms with Gasteiger partial charge in [-0.2, -0.15) is 5.26 Å². The average Bonchev–Trinajstić information content (AvgIpc) is 1.87. The first-order chi connectivity index (χ1) is 4.20. The van der Waals surface area contributed by atoms with Crippen molar-refractivity contribution in [1.29, 1.82) is 5.26 Å². The third-order valence-electron chi connectivity index (χ3n) is 0.519. The fourth-order valence-electron chi connectivity index (χ4n) is 0.169. The molecule has 0 radical (unpaired) electrons. The Bertz CT molecular complexity index is 139. The van der Waals surface area contributed by atoms with E-state index in [1.807, 2.05) is 0 Å². The van der Waals surface area contributed by atoms with Crippen molar-refractivity contribution in [1.82, 2.24) is 5.06 Å². The molecule has 0 aromatic heterocycles. The summed E-state index contributed by atoms with van der Waals surface area (Å²) in [4.78, 5) is 14.3. The zero-order valence-electron chi connectivity index (χ0n) is 5.12. The van der Waals surface area contributed by atoms with Gasteiger partial charge in [0.15, 0.2) is 0 Å². The predicted molar refractivity (Wildman–Crippen MR) is 26.9 cm³/mol. The van der Waals surface area contributed by atoms with Gasteiger partial charge >= 0.3 is 6.16 Å². The Balaban J connectivity index is 3.50. The van der Waals surface area contributed by atoms with Crippen LogP contribution in [0.4, 0.5) is 4.79 Å². The van der Waals surface area contributed by atoms with E-state index in [1.54, 1.807) is 6.19 Å². The minimum absolute atomic E-state index is 0.686. The number of hydrogen-bond donors (Lipinski definition) is 0. The molecule has 0 unspecified atom stereocenters. The number of carbonyl (C=O) groups is 1. The van der Waals surface area contributed by atoms with E-state index in [-0.39, 0.29) is 0 Å². The van der Waals surface area contributed by atoms with E-state index in [4.69, 9.17) is 5.26 Å². The minimum atomic E-state index is -0.904. The molecular formula is C4H6N2O3. The quantitative estimate of drug-likeness (QED) is 0.218. The number of methoxy groups -OCH3 is 1. The molecule has 0 aliphatic heterocycles. The Kier molecular flexibility index (Phi) is 2.98. The van der Waals surface area contributed by atoms with Gasteiger partial charge in [0.05, 0.1) is 14.2 Å². The number of carbonyl (C=O) groups excluding carboxylic acids is 1. The van der Waals surface area contributed by atoms with Crippen molar-refractivity contribution < 1.29 is 14.4 Å². The summed E-state index contributed by atoms with van der Waals surface area (Å²) in [5.41, 5.74) is 0. The molecule has 0 bridgehead atoms. The largest absolute Gasteiger partial charge is 0.533 e. The van der Waals surface area contributed by atoms with Crippen LogP contribution < -0.4 is 0 Å². The number of nitriles is 1. The molecule has 9 heavy (non-hydrogen) atoms. The van der Waals surface area contributed by atoms with Crippen LogP contribution in [0, 0.1) is 11.5 Å². The third-order valence-corrected chi connectivity index (χ3v) is 0.519. The molecule has 0 aromatic carbocycles. The number of nitrogens with zero attached hydrogens (tertiary/aromatic N) is 2. The first-order valence-electron chi connectivity index (χ1n) is 2.10. The van der Waals surface area contributed by atoms with E-state index >= 15 is 0 Å². The molecule has 5 heteroatoms. The highest BCUT2D eigenvalue weighted by Gasteiger charge is 2.02. The normalized spacial score (nSPS) is 7.22. The van der Waals surface area contributed by atoms with Gasteiger partial charge in [-0.05, 0) is 0 Å². The summed E-state index contributed by atoms with van der Waals surface area (Å²) < 4.78 is 4.07. The van der Waals surface area contributed by atoms with Crippen molar-refractivity contribution in [3.63, 3.8) is 0 Å². The van der Waals surface area contributed by atoms with Gasteiger partial charge in [0, 0.05) is 0 Å². The number of hydrogen-bond acceptors (Lipinski definition) is 5. The lowest BCUT2D eigenvalue weighted by Gasteiger charge is -2.04. The molecule has 0 N–H and O–H groups in total. The average molecular weight is 130 g/mol. The monoisotopic (exact) mass is 130 g/mol. The number of rotatable bonds is 1. The molecule has 0 fully saturated rings. The fraction of sp³-hybridized carbons (Fsp3) is 0.500. The first kappa shape index (κ1) is 7.56. The fourth-order valence-corrected chi connectivity index (χ4v) is 0.169. The van der Waals surface area contributed by atoms with Crippen LogP contribution in [0.1, 0.15) is 0 Å². The van der Waals surface area contributed by atoms with Crippen LogP contribution in [0.3, 0.4) is 0 Å². The van der Waals surface area contributed by atoms with Gasteiger partial charge in [-0.25, -0.2) is 4.79 Å². The van der Waals surface area contributed by atoms with Crippen molar-refractivity contribution in [3.05, 3.63) is 0 Å². The highest BCUT2D eigenvalue weighted by molar-refractivity contribution is 5.59. The molecule has 50 valence electrons. The second kappa shape index (κ2) is 3.55. The summed E-state index contributed by atoms with van der Waals surface area (Å²) in [5.74, 6) is 0. The molecule has 0 heterocycles. The molecule has 0 aromatic rings. The molecule has 0 aliphatic carbocycles. The smallest absolute Gasteiger partial charge is 0.436 e. The highest BCUT2D eigenvalue weighted by atomic mass is 16.8. The van der Waals surface area contributed by atoms with Crippen LogP contribution in [0.15, 0.2) is 0 Å². The maximum atomic E-state index is 10.1. The molecule has 0 aliphatic rings. The van der Waals surface area contributed by atoms with Crippen LogP contribution in [0.5, 0.6) is 0 Å². The van der Waals surface area contributed by atoms with Crippen molar-refractivity contribution in [2.24, 2.45) is 0 Å². The van der Waals surface area contributed by atoms with Gasteiger partial charge in [0.1, 0.15) is 0 Å². The number of hydroxylamine groups is 2. The second-order valence-corrected chi connectivity index (χ2v) is 1.14. The topological polar surface area (TPSA) is 62.6 Å². The standard InChI is InChI=1S/C4H6N2O3/c1-6(3-5)9-4(7)8-2/h1-2H3. The summed E-state index contributed by atoms with van der Waals surface area (Å²) in [6.45, 7) is 0. The summed E-state index contributed by atoms with van der Waals surface area (Å²) in [6.07, 6.45) is 0.637. The summed E-state index contributed by atoms with van der Waals surface area (Å²) in [6, 6.07) is 0. The van der Waals surface area contributed by atoms with Gasteiger partial charge < -0.3 is 4.74 Å². The Labute approximate surface area is 52.3 Å². The van der Waals surface area contributed by atoms with Crippen LogP contribution in [0.25, 0.3) is 0 Å². The van der Waals surface area contributed by atoms with Crippen molar-refractivity contribution in [3.8, 4) is 6.19 Å². The van der Waals surface area contributed by atoms with Gasteiger partial charge in [-0.1, -0.05) is 0 Å². The van der Waals surface area contributed by atoms with Gasteiger partial charge in [-0.15, -0.1) is 5.06 Å². The molecule has 0 saturated heterocycles. The Morgan fingerprint density at radius 2 is 2.33 bits per heavy atom. The molecule has 0 atom stereocenters. The summed E-state index contributed by atoms with van der Waals surface area (Å²) in [7, 11) is 2.45. The molecule has 0 rings (SSSR count). The Morgan fingerprint density at radius 1 is 1.78 bits per heavy atom. The molecule has 0 spiro atoms. The third kappa shape index (κ3) is 3.17. The zero-order chi connectivity index (χ0) is 7.28. The van der Waals surface area contributed by atoms with Crippen LogP contribution >= 0.6 is 0 Å².